The molecule has 2 aliphatic rings. The van der Waals surface area contributed by atoms with Crippen LogP contribution in [0, 0.1) is 11.8 Å². The van der Waals surface area contributed by atoms with E-state index in [1.54, 1.807) is 17.1 Å². The van der Waals surface area contributed by atoms with Gasteiger partial charge in [-0.2, -0.15) is 5.10 Å². The summed E-state index contributed by atoms with van der Waals surface area (Å²) < 4.78 is 8.06. The normalized spacial score (nSPS) is 23.3. The highest BCUT2D eigenvalue weighted by atomic mass is 79.9. The van der Waals surface area contributed by atoms with Gasteiger partial charge >= 0.3 is 6.09 Å². The van der Waals surface area contributed by atoms with Gasteiger partial charge < -0.3 is 20.8 Å². The lowest BCUT2D eigenvalue weighted by atomic mass is 9.98. The fraction of sp³-hybridized carbons (Fsp3) is 0.217. The van der Waals surface area contributed by atoms with Crippen molar-refractivity contribution >= 4 is 38.9 Å². The van der Waals surface area contributed by atoms with E-state index < -0.39 is 6.09 Å². The quantitative estimate of drug-likeness (QED) is 0.352. The van der Waals surface area contributed by atoms with Crippen molar-refractivity contribution in [3.05, 3.63) is 65.5 Å². The van der Waals surface area contributed by atoms with E-state index in [4.69, 9.17) is 15.5 Å². The van der Waals surface area contributed by atoms with Crippen LogP contribution in [0.4, 0.5) is 10.5 Å². The Kier molecular flexibility index (Phi) is 4.68. The zero-order chi connectivity index (χ0) is 22.5. The third kappa shape index (κ3) is 3.37. The number of ether oxygens (including phenoxy) is 1. The second-order valence-electron chi connectivity index (χ2n) is 8.25. The molecule has 9 nitrogen and oxygen atoms in total. The van der Waals surface area contributed by atoms with Crippen LogP contribution in [0.5, 0.6) is 0 Å². The average molecular weight is 506 g/mol. The number of imidazole rings is 1. The van der Waals surface area contributed by atoms with Gasteiger partial charge in [-0.15, -0.1) is 0 Å². The molecule has 166 valence electrons. The smallest absolute Gasteiger partial charge is 0.404 e. The third-order valence-corrected chi connectivity index (χ3v) is 6.94. The van der Waals surface area contributed by atoms with Gasteiger partial charge in [-0.3, -0.25) is 0 Å². The molecule has 1 saturated carbocycles. The predicted molar refractivity (Wildman–Crippen MR) is 127 cm³/mol. The van der Waals surface area contributed by atoms with Gasteiger partial charge in [0, 0.05) is 36.0 Å². The number of nitrogens with one attached hydrogen (secondary N) is 2. The van der Waals surface area contributed by atoms with Crippen LogP contribution in [-0.4, -0.2) is 43.0 Å². The number of hydrogen-bond donors (Lipinski definition) is 3. The summed E-state index contributed by atoms with van der Waals surface area (Å²) in [5, 5.41) is 7.95. The molecule has 0 saturated heterocycles. The summed E-state index contributed by atoms with van der Waals surface area (Å²) in [6, 6.07) is 9.69. The standard InChI is InChI=1S/C23H20BrN7O2/c24-15-11-26-22-19(18(15)28-17-12-6-7-13(10-12)20(17)33-23(25)32)29-21(30-22)14-4-1-2-5-16(14)31-9-3-8-27-31/h1-9,11-13,17,20H,10H2,(H2,25,32)(H2,26,28,29,30)/t12-,13+,17+,20-/m0/s1. The van der Waals surface area contributed by atoms with Crippen molar-refractivity contribution in [3.63, 3.8) is 0 Å². The zero-order valence-corrected chi connectivity index (χ0v) is 18.9. The Morgan fingerprint density at radius 2 is 2.09 bits per heavy atom. The first-order valence-corrected chi connectivity index (χ1v) is 11.4. The average Bonchev–Trinajstić information content (AvgIpc) is 3.60. The first kappa shape index (κ1) is 20.0. The van der Waals surface area contributed by atoms with Crippen molar-refractivity contribution in [1.29, 1.82) is 0 Å². The van der Waals surface area contributed by atoms with Crippen molar-refractivity contribution in [2.75, 3.05) is 5.32 Å². The van der Waals surface area contributed by atoms with Gasteiger partial charge in [0.1, 0.15) is 17.4 Å². The van der Waals surface area contributed by atoms with Gasteiger partial charge in [0.25, 0.3) is 0 Å². The summed E-state index contributed by atoms with van der Waals surface area (Å²) >= 11 is 3.62. The van der Waals surface area contributed by atoms with Crippen LogP contribution in [0.15, 0.2) is 65.5 Å². The topological polar surface area (TPSA) is 124 Å². The van der Waals surface area contributed by atoms with Crippen LogP contribution in [0.2, 0.25) is 0 Å². The summed E-state index contributed by atoms with van der Waals surface area (Å²) in [6.07, 6.45) is 9.48. The van der Waals surface area contributed by atoms with E-state index in [1.807, 2.05) is 36.5 Å². The Bertz CT molecular complexity index is 1380. The number of halogens is 1. The largest absolute Gasteiger partial charge is 0.444 e. The Balaban J connectivity index is 1.41. The van der Waals surface area contributed by atoms with Crippen molar-refractivity contribution in [3.8, 4) is 17.1 Å². The van der Waals surface area contributed by atoms with Gasteiger partial charge in [0.2, 0.25) is 0 Å². The minimum atomic E-state index is -0.759. The van der Waals surface area contributed by atoms with Gasteiger partial charge in [-0.05, 0) is 40.5 Å². The van der Waals surface area contributed by atoms with Crippen LogP contribution >= 0.6 is 15.9 Å². The highest BCUT2D eigenvalue weighted by Gasteiger charge is 2.47. The maximum atomic E-state index is 11.5. The third-order valence-electron chi connectivity index (χ3n) is 6.33. The summed E-state index contributed by atoms with van der Waals surface area (Å²) in [5.41, 5.74) is 9.32. The van der Waals surface area contributed by atoms with E-state index in [1.165, 1.54) is 0 Å². The Morgan fingerprint density at radius 1 is 1.24 bits per heavy atom. The van der Waals surface area contributed by atoms with E-state index in [2.05, 4.69) is 48.5 Å². The van der Waals surface area contributed by atoms with Gasteiger partial charge in [0.15, 0.2) is 5.65 Å². The molecule has 10 heteroatoms. The minimum Gasteiger partial charge on any atom is -0.444 e. The van der Waals surface area contributed by atoms with E-state index in [9.17, 15) is 4.79 Å². The van der Waals surface area contributed by atoms with E-state index in [0.29, 0.717) is 11.5 Å². The number of rotatable bonds is 5. The predicted octanol–water partition coefficient (Wildman–Crippen LogP) is 4.02. The molecule has 1 aromatic carbocycles. The van der Waals surface area contributed by atoms with E-state index >= 15 is 0 Å². The summed E-state index contributed by atoms with van der Waals surface area (Å²) in [4.78, 5) is 24.2. The highest BCUT2D eigenvalue weighted by molar-refractivity contribution is 9.10. The maximum Gasteiger partial charge on any atom is 0.404 e. The Morgan fingerprint density at radius 3 is 2.91 bits per heavy atom. The van der Waals surface area contributed by atoms with Gasteiger partial charge in [-0.1, -0.05) is 24.3 Å². The molecule has 4 N–H and O–H groups in total. The van der Waals surface area contributed by atoms with Crippen LogP contribution in [0.3, 0.4) is 0 Å². The molecule has 0 aliphatic heterocycles. The fourth-order valence-electron chi connectivity index (χ4n) is 4.91. The molecule has 0 radical (unpaired) electrons. The molecule has 4 aromatic rings. The fourth-order valence-corrected chi connectivity index (χ4v) is 5.33. The number of para-hydroxylation sites is 1. The Hall–Kier alpha value is -3.66. The summed E-state index contributed by atoms with van der Waals surface area (Å²) in [5.74, 6) is 1.09. The number of aromatic amines is 1. The van der Waals surface area contributed by atoms with E-state index in [0.717, 1.165) is 33.3 Å². The second-order valence-corrected chi connectivity index (χ2v) is 9.11. The number of primary amides is 1. The zero-order valence-electron chi connectivity index (χ0n) is 17.4. The number of carbonyl (C=O) groups excluding carboxylic acids is 1. The molecule has 1 amide bonds. The number of hydrogen-bond acceptors (Lipinski definition) is 6. The molecule has 3 heterocycles. The van der Waals surface area contributed by atoms with Crippen molar-refractivity contribution in [1.82, 2.24) is 24.7 Å². The molecule has 33 heavy (non-hydrogen) atoms. The molecule has 2 bridgehead atoms. The molecule has 0 spiro atoms. The number of nitrogens with zero attached hydrogens (tertiary/aromatic N) is 4. The molecule has 0 unspecified atom stereocenters. The molecular weight excluding hydrogens is 486 g/mol. The molecule has 2 aliphatic carbocycles. The lowest BCUT2D eigenvalue weighted by molar-refractivity contribution is 0.0854. The molecular formula is C23H20BrN7O2. The number of aromatic nitrogens is 5. The summed E-state index contributed by atoms with van der Waals surface area (Å²) in [6.45, 7) is 0. The number of fused-ring (bicyclic) bond motifs is 3. The number of pyridine rings is 1. The number of carbonyl (C=O) groups is 1. The van der Waals surface area contributed by atoms with Crippen molar-refractivity contribution < 1.29 is 9.53 Å². The number of nitrogens with two attached hydrogens (primary N) is 1. The van der Waals surface area contributed by atoms with Crippen LogP contribution in [-0.2, 0) is 4.74 Å². The first-order valence-electron chi connectivity index (χ1n) is 10.6. The Labute approximate surface area is 197 Å². The monoisotopic (exact) mass is 505 g/mol. The second kappa shape index (κ2) is 7.73. The van der Waals surface area contributed by atoms with Gasteiger partial charge in [0.05, 0.1) is 21.9 Å². The van der Waals surface area contributed by atoms with Crippen molar-refractivity contribution in [2.45, 2.75) is 18.6 Å². The van der Waals surface area contributed by atoms with Crippen LogP contribution in [0.25, 0.3) is 28.2 Å². The van der Waals surface area contributed by atoms with Gasteiger partial charge in [-0.25, -0.2) is 19.4 Å². The first-order chi connectivity index (χ1) is 16.1. The molecule has 4 atom stereocenters. The lowest BCUT2D eigenvalue weighted by Gasteiger charge is -2.29. The number of H-pyrrole nitrogens is 1. The molecule has 1 fully saturated rings. The number of amides is 1. The molecule has 3 aromatic heterocycles. The summed E-state index contributed by atoms with van der Waals surface area (Å²) in [7, 11) is 0. The van der Waals surface area contributed by atoms with E-state index in [-0.39, 0.29) is 24.0 Å². The van der Waals surface area contributed by atoms with Crippen LogP contribution < -0.4 is 11.1 Å². The SMILES string of the molecule is NC(=O)O[C@@H]1[C@H](Nc2c(Br)cnc3nc(-c4ccccc4-n4cccn4)[nH]c23)[C@H]2C=C[C@@H]1C2. The minimum absolute atomic E-state index is 0.0995. The number of benzene rings is 1. The van der Waals surface area contributed by atoms with Crippen molar-refractivity contribution in [2.24, 2.45) is 17.6 Å². The molecule has 6 rings (SSSR count). The lowest BCUT2D eigenvalue weighted by Crippen LogP contribution is -2.41. The van der Waals surface area contributed by atoms with Crippen LogP contribution in [0.1, 0.15) is 6.42 Å². The number of anilines is 1. The maximum absolute atomic E-state index is 11.5. The highest BCUT2D eigenvalue weighted by Crippen LogP contribution is 2.44.